The van der Waals surface area contributed by atoms with Crippen molar-refractivity contribution in [2.75, 3.05) is 12.3 Å². The molecule has 0 radical (unpaired) electrons. The van der Waals surface area contributed by atoms with Crippen LogP contribution >= 0.6 is 0 Å². The monoisotopic (exact) mass is 276 g/mol. The van der Waals surface area contributed by atoms with Crippen molar-refractivity contribution in [3.63, 3.8) is 0 Å². The predicted molar refractivity (Wildman–Crippen MR) is 68.2 cm³/mol. The average molecular weight is 276 g/mol. The van der Waals surface area contributed by atoms with Gasteiger partial charge in [0.1, 0.15) is 0 Å². The van der Waals surface area contributed by atoms with Crippen molar-refractivity contribution in [3.05, 3.63) is 35.4 Å². The lowest BCUT2D eigenvalue weighted by molar-refractivity contribution is 0.0746. The number of sulfone groups is 1. The van der Waals surface area contributed by atoms with Crippen molar-refractivity contribution in [1.29, 1.82) is 5.26 Å². The molecule has 2 fully saturated rings. The molecular formula is C13H12N2O3S. The molecule has 5 nitrogen and oxygen atoms in total. The number of nitrogens with zero attached hydrogens (tertiary/aromatic N) is 2. The maximum absolute atomic E-state index is 12.3. The van der Waals surface area contributed by atoms with Crippen LogP contribution in [0.4, 0.5) is 0 Å². The summed E-state index contributed by atoms with van der Waals surface area (Å²) in [6.45, 7) is 0.297. The van der Waals surface area contributed by atoms with Gasteiger partial charge in [0.15, 0.2) is 9.84 Å². The average Bonchev–Trinajstić information content (AvgIpc) is 2.93. The highest BCUT2D eigenvalue weighted by Gasteiger charge is 2.49. The van der Waals surface area contributed by atoms with Crippen molar-refractivity contribution in [2.45, 2.75) is 17.7 Å². The molecule has 2 saturated heterocycles. The molecular weight excluding hydrogens is 264 g/mol. The second kappa shape index (κ2) is 4.07. The Morgan fingerprint density at radius 1 is 1.32 bits per heavy atom. The molecule has 2 heterocycles. The molecule has 2 bridgehead atoms. The van der Waals surface area contributed by atoms with Gasteiger partial charge in [-0.1, -0.05) is 0 Å². The lowest BCUT2D eigenvalue weighted by Gasteiger charge is -2.26. The number of hydrogen-bond donors (Lipinski definition) is 0. The molecule has 0 aromatic heterocycles. The number of fused-ring (bicyclic) bond motifs is 2. The first kappa shape index (κ1) is 12.2. The standard InChI is InChI=1S/C13H12N2O3S/c14-6-9-1-3-10(4-2-9)13(16)15-7-12-5-11(15)8-19(12,17)18/h1-4,11-12H,5,7-8H2. The van der Waals surface area contributed by atoms with Gasteiger partial charge in [0, 0.05) is 18.2 Å². The molecule has 1 aromatic rings. The number of nitriles is 1. The third kappa shape index (κ3) is 1.90. The van der Waals surface area contributed by atoms with E-state index in [-0.39, 0.29) is 23.0 Å². The van der Waals surface area contributed by atoms with E-state index in [1.165, 1.54) is 0 Å². The zero-order valence-corrected chi connectivity index (χ0v) is 10.9. The van der Waals surface area contributed by atoms with Gasteiger partial charge in [-0.25, -0.2) is 8.42 Å². The SMILES string of the molecule is N#Cc1ccc(C(=O)N2CC3CC2CS3(=O)=O)cc1. The molecule has 6 heteroatoms. The predicted octanol–water partition coefficient (Wildman–Crippen LogP) is 0.570. The summed E-state index contributed by atoms with van der Waals surface area (Å²) in [5.41, 5.74) is 1.01. The molecule has 2 unspecified atom stereocenters. The molecule has 1 aromatic carbocycles. The topological polar surface area (TPSA) is 78.2 Å². The van der Waals surface area contributed by atoms with Crippen LogP contribution in [0.1, 0.15) is 22.3 Å². The Kier molecular flexibility index (Phi) is 2.61. The first-order valence-corrected chi connectivity index (χ1v) is 7.75. The minimum atomic E-state index is -2.98. The third-order valence-electron chi connectivity index (χ3n) is 3.83. The van der Waals surface area contributed by atoms with Gasteiger partial charge in [-0.05, 0) is 30.7 Å². The Bertz CT molecular complexity index is 673. The summed E-state index contributed by atoms with van der Waals surface area (Å²) in [6, 6.07) is 8.23. The van der Waals surface area contributed by atoms with Crippen LogP contribution in [0.25, 0.3) is 0 Å². The molecule has 0 aliphatic carbocycles. The number of rotatable bonds is 1. The third-order valence-corrected chi connectivity index (χ3v) is 6.04. The van der Waals surface area contributed by atoms with E-state index in [9.17, 15) is 13.2 Å². The highest BCUT2D eigenvalue weighted by Crippen LogP contribution is 2.33. The summed E-state index contributed by atoms with van der Waals surface area (Å²) in [7, 11) is -2.98. The lowest BCUT2D eigenvalue weighted by atomic mass is 10.1. The summed E-state index contributed by atoms with van der Waals surface area (Å²) in [4.78, 5) is 13.9. The fourth-order valence-corrected chi connectivity index (χ4v) is 4.83. The van der Waals surface area contributed by atoms with Gasteiger partial charge in [-0.15, -0.1) is 0 Å². The highest BCUT2D eigenvalue weighted by atomic mass is 32.2. The Balaban J connectivity index is 1.81. The Hall–Kier alpha value is -1.87. The summed E-state index contributed by atoms with van der Waals surface area (Å²) in [5, 5.41) is 8.32. The van der Waals surface area contributed by atoms with E-state index in [1.807, 2.05) is 6.07 Å². The smallest absolute Gasteiger partial charge is 0.254 e. The van der Waals surface area contributed by atoms with Gasteiger partial charge >= 0.3 is 0 Å². The first-order valence-electron chi connectivity index (χ1n) is 6.04. The van der Waals surface area contributed by atoms with Gasteiger partial charge in [0.2, 0.25) is 0 Å². The molecule has 0 spiro atoms. The van der Waals surface area contributed by atoms with Gasteiger partial charge in [0.05, 0.1) is 22.6 Å². The molecule has 98 valence electrons. The van der Waals surface area contributed by atoms with Crippen LogP contribution in [0.3, 0.4) is 0 Å². The number of benzene rings is 1. The number of amides is 1. The maximum atomic E-state index is 12.3. The minimum Gasteiger partial charge on any atom is -0.333 e. The van der Waals surface area contributed by atoms with Crippen LogP contribution in [0, 0.1) is 11.3 Å². The van der Waals surface area contributed by atoms with E-state index >= 15 is 0 Å². The highest BCUT2D eigenvalue weighted by molar-refractivity contribution is 7.92. The molecule has 2 aliphatic rings. The molecule has 2 atom stereocenters. The Morgan fingerprint density at radius 2 is 2.00 bits per heavy atom. The fraction of sp³-hybridized carbons (Fsp3) is 0.385. The normalized spacial score (nSPS) is 27.2. The number of likely N-dealkylation sites (tertiary alicyclic amines) is 1. The van der Waals surface area contributed by atoms with Crippen LogP contribution in [0.15, 0.2) is 24.3 Å². The van der Waals surface area contributed by atoms with Gasteiger partial charge in [-0.2, -0.15) is 5.26 Å². The molecule has 19 heavy (non-hydrogen) atoms. The maximum Gasteiger partial charge on any atom is 0.254 e. The summed E-state index contributed by atoms with van der Waals surface area (Å²) in [5.74, 6) is -0.0634. The Labute approximate surface area is 111 Å². The second-order valence-electron chi connectivity index (χ2n) is 4.99. The number of carbonyl (C=O) groups is 1. The van der Waals surface area contributed by atoms with Crippen molar-refractivity contribution >= 4 is 15.7 Å². The van der Waals surface area contributed by atoms with E-state index in [0.717, 1.165) is 0 Å². The molecule has 0 saturated carbocycles. The Morgan fingerprint density at radius 3 is 2.47 bits per heavy atom. The molecule has 2 aliphatic heterocycles. The quantitative estimate of drug-likeness (QED) is 0.751. The fourth-order valence-electron chi connectivity index (χ4n) is 2.80. The van der Waals surface area contributed by atoms with Crippen molar-refractivity contribution in [3.8, 4) is 6.07 Å². The van der Waals surface area contributed by atoms with Crippen LogP contribution in [0.2, 0.25) is 0 Å². The van der Waals surface area contributed by atoms with Crippen molar-refractivity contribution < 1.29 is 13.2 Å². The summed E-state index contributed by atoms with van der Waals surface area (Å²) < 4.78 is 23.3. The number of carbonyl (C=O) groups excluding carboxylic acids is 1. The minimum absolute atomic E-state index is 0.0830. The first-order chi connectivity index (χ1) is 9.01. The zero-order chi connectivity index (χ0) is 13.6. The van der Waals surface area contributed by atoms with E-state index < -0.39 is 9.84 Å². The van der Waals surface area contributed by atoms with E-state index in [2.05, 4.69) is 0 Å². The van der Waals surface area contributed by atoms with E-state index in [4.69, 9.17) is 5.26 Å². The van der Waals surface area contributed by atoms with Crippen LogP contribution in [-0.4, -0.2) is 42.8 Å². The van der Waals surface area contributed by atoms with Crippen LogP contribution < -0.4 is 0 Å². The van der Waals surface area contributed by atoms with Gasteiger partial charge in [0.25, 0.3) is 5.91 Å². The van der Waals surface area contributed by atoms with Crippen molar-refractivity contribution in [1.82, 2.24) is 4.90 Å². The zero-order valence-electron chi connectivity index (χ0n) is 10.1. The van der Waals surface area contributed by atoms with Gasteiger partial charge < -0.3 is 4.90 Å². The largest absolute Gasteiger partial charge is 0.333 e. The van der Waals surface area contributed by atoms with E-state index in [0.29, 0.717) is 24.1 Å². The van der Waals surface area contributed by atoms with Crippen molar-refractivity contribution in [2.24, 2.45) is 0 Å². The van der Waals surface area contributed by atoms with Crippen LogP contribution in [0.5, 0.6) is 0 Å². The van der Waals surface area contributed by atoms with E-state index in [1.54, 1.807) is 29.2 Å². The lowest BCUT2D eigenvalue weighted by Crippen LogP contribution is -2.44. The summed E-state index contributed by atoms with van der Waals surface area (Å²) >= 11 is 0. The summed E-state index contributed by atoms with van der Waals surface area (Å²) in [6.07, 6.45) is 0.560. The molecule has 0 N–H and O–H groups in total. The van der Waals surface area contributed by atoms with Gasteiger partial charge in [-0.3, -0.25) is 4.79 Å². The second-order valence-corrected chi connectivity index (χ2v) is 7.31. The number of hydrogen-bond acceptors (Lipinski definition) is 4. The molecule has 1 amide bonds. The van der Waals surface area contributed by atoms with Crippen LogP contribution in [-0.2, 0) is 9.84 Å². The molecule has 3 rings (SSSR count).